The number of para-hydroxylation sites is 1. The van der Waals surface area contributed by atoms with Crippen LogP contribution in [0.25, 0.3) is 17.1 Å². The second-order valence-electron chi connectivity index (χ2n) is 6.44. The van der Waals surface area contributed by atoms with Crippen molar-refractivity contribution in [3.8, 4) is 17.1 Å². The second-order valence-corrected chi connectivity index (χ2v) is 6.80. The first kappa shape index (κ1) is 16.2. The molecule has 4 rings (SSSR count). The van der Waals surface area contributed by atoms with Gasteiger partial charge in [-0.15, -0.1) is 5.10 Å². The third-order valence-electron chi connectivity index (χ3n) is 4.65. The number of aromatic nitrogens is 4. The van der Waals surface area contributed by atoms with Crippen LogP contribution in [0.2, 0.25) is 0 Å². The van der Waals surface area contributed by atoms with E-state index in [1.54, 1.807) is 6.20 Å². The Hall–Kier alpha value is -2.31. The van der Waals surface area contributed by atoms with E-state index in [-0.39, 0.29) is 0 Å². The summed E-state index contributed by atoms with van der Waals surface area (Å²) >= 11 is 5.81. The molecule has 0 amide bonds. The number of rotatable bonds is 4. The largest absolute Gasteiger partial charge is 0.284 e. The molecule has 3 aromatic rings. The van der Waals surface area contributed by atoms with Crippen molar-refractivity contribution < 1.29 is 0 Å². The molecule has 128 valence electrons. The minimum absolute atomic E-state index is 0.722. The molecule has 0 N–H and O–H groups in total. The SMILES string of the molecule is Cc1ccccc1-n1c(-c2cccnc2)nn(CN2CCCC2)c1=S. The first-order valence-corrected chi connectivity index (χ1v) is 9.03. The van der Waals surface area contributed by atoms with Gasteiger partial charge in [0.15, 0.2) is 5.82 Å². The molecule has 0 radical (unpaired) electrons. The molecule has 0 saturated carbocycles. The van der Waals surface area contributed by atoms with Crippen molar-refractivity contribution in [2.45, 2.75) is 26.4 Å². The minimum Gasteiger partial charge on any atom is -0.284 e. The van der Waals surface area contributed by atoms with Crippen molar-refractivity contribution in [1.29, 1.82) is 0 Å². The summed E-state index contributed by atoms with van der Waals surface area (Å²) in [6.07, 6.45) is 6.12. The van der Waals surface area contributed by atoms with Crippen LogP contribution in [0, 0.1) is 11.7 Å². The van der Waals surface area contributed by atoms with Crippen LogP contribution in [0.5, 0.6) is 0 Å². The van der Waals surface area contributed by atoms with Gasteiger partial charge in [-0.3, -0.25) is 14.5 Å². The Balaban J connectivity index is 1.87. The molecule has 1 saturated heterocycles. The molecule has 0 unspecified atom stereocenters. The standard InChI is InChI=1S/C19H21N5S/c1-15-7-2-3-9-17(15)24-18(16-8-6-10-20-13-16)21-23(19(24)25)14-22-11-4-5-12-22/h2-3,6-10,13H,4-5,11-12,14H2,1H3. The molecule has 5 nitrogen and oxygen atoms in total. The molecule has 0 spiro atoms. The summed E-state index contributed by atoms with van der Waals surface area (Å²) < 4.78 is 4.73. The number of nitrogens with zero attached hydrogens (tertiary/aromatic N) is 5. The van der Waals surface area contributed by atoms with Gasteiger partial charge in [-0.1, -0.05) is 18.2 Å². The quantitative estimate of drug-likeness (QED) is 0.670. The number of hydrogen-bond acceptors (Lipinski definition) is 4. The van der Waals surface area contributed by atoms with E-state index < -0.39 is 0 Å². The first-order valence-electron chi connectivity index (χ1n) is 8.62. The zero-order valence-electron chi connectivity index (χ0n) is 14.3. The maximum atomic E-state index is 5.81. The molecule has 2 aromatic heterocycles. The second kappa shape index (κ2) is 6.90. The average Bonchev–Trinajstić information content (AvgIpc) is 3.26. The highest BCUT2D eigenvalue weighted by molar-refractivity contribution is 7.71. The van der Waals surface area contributed by atoms with Crippen LogP contribution in [0.1, 0.15) is 18.4 Å². The van der Waals surface area contributed by atoms with Gasteiger partial charge >= 0.3 is 0 Å². The maximum absolute atomic E-state index is 5.81. The molecular formula is C19H21N5S. The van der Waals surface area contributed by atoms with Crippen molar-refractivity contribution >= 4 is 12.2 Å². The monoisotopic (exact) mass is 351 g/mol. The summed E-state index contributed by atoms with van der Waals surface area (Å²) in [5.41, 5.74) is 3.21. The summed E-state index contributed by atoms with van der Waals surface area (Å²) in [5.74, 6) is 0.839. The van der Waals surface area contributed by atoms with Gasteiger partial charge in [0.2, 0.25) is 4.77 Å². The Kier molecular flexibility index (Phi) is 4.46. The molecule has 1 aromatic carbocycles. The van der Waals surface area contributed by atoms with Gasteiger partial charge in [0.1, 0.15) is 0 Å². The fraction of sp³-hybridized carbons (Fsp3) is 0.316. The van der Waals surface area contributed by atoms with Gasteiger partial charge in [0.05, 0.1) is 12.4 Å². The number of aryl methyl sites for hydroxylation is 1. The average molecular weight is 351 g/mol. The summed E-state index contributed by atoms with van der Waals surface area (Å²) in [6.45, 7) is 5.06. The molecule has 6 heteroatoms. The third kappa shape index (κ3) is 3.15. The number of hydrogen-bond donors (Lipinski definition) is 0. The van der Waals surface area contributed by atoms with Crippen LogP contribution in [0.15, 0.2) is 48.8 Å². The van der Waals surface area contributed by atoms with Crippen LogP contribution >= 0.6 is 12.2 Å². The smallest absolute Gasteiger partial charge is 0.204 e. The summed E-state index contributed by atoms with van der Waals surface area (Å²) in [4.78, 5) is 6.65. The highest BCUT2D eigenvalue weighted by atomic mass is 32.1. The topological polar surface area (TPSA) is 38.9 Å². The van der Waals surface area contributed by atoms with Crippen molar-refractivity contribution in [2.24, 2.45) is 0 Å². The zero-order chi connectivity index (χ0) is 17.2. The van der Waals surface area contributed by atoms with Gasteiger partial charge < -0.3 is 0 Å². The lowest BCUT2D eigenvalue weighted by Crippen LogP contribution is -2.23. The van der Waals surface area contributed by atoms with Gasteiger partial charge in [-0.25, -0.2) is 4.68 Å². The Bertz CT molecular complexity index is 922. The van der Waals surface area contributed by atoms with Crippen LogP contribution < -0.4 is 0 Å². The lowest BCUT2D eigenvalue weighted by Gasteiger charge is -2.13. The highest BCUT2D eigenvalue weighted by Gasteiger charge is 2.18. The normalized spacial score (nSPS) is 14.9. The fourth-order valence-electron chi connectivity index (χ4n) is 3.33. The van der Waals surface area contributed by atoms with E-state index in [0.717, 1.165) is 41.6 Å². The number of likely N-dealkylation sites (tertiary alicyclic amines) is 1. The molecule has 3 heterocycles. The van der Waals surface area contributed by atoms with E-state index in [0.29, 0.717) is 0 Å². The molecule has 1 aliphatic heterocycles. The Morgan fingerprint density at radius 2 is 1.88 bits per heavy atom. The summed E-state index contributed by atoms with van der Waals surface area (Å²) in [7, 11) is 0. The Labute approximate surface area is 152 Å². The van der Waals surface area contributed by atoms with Gasteiger partial charge in [0, 0.05) is 18.0 Å². The minimum atomic E-state index is 0.722. The fourth-order valence-corrected chi connectivity index (χ4v) is 3.61. The van der Waals surface area contributed by atoms with Crippen molar-refractivity contribution in [3.63, 3.8) is 0 Å². The predicted molar refractivity (Wildman–Crippen MR) is 101 cm³/mol. The van der Waals surface area contributed by atoms with Gasteiger partial charge in [-0.05, 0) is 68.8 Å². The lowest BCUT2D eigenvalue weighted by atomic mass is 10.2. The molecule has 25 heavy (non-hydrogen) atoms. The van der Waals surface area contributed by atoms with Crippen LogP contribution in [-0.2, 0) is 6.67 Å². The number of benzene rings is 1. The molecular weight excluding hydrogens is 330 g/mol. The van der Waals surface area contributed by atoms with Crippen molar-refractivity contribution in [2.75, 3.05) is 13.1 Å². The third-order valence-corrected chi connectivity index (χ3v) is 5.04. The zero-order valence-corrected chi connectivity index (χ0v) is 15.1. The lowest BCUT2D eigenvalue weighted by molar-refractivity contribution is 0.253. The Morgan fingerprint density at radius 1 is 1.08 bits per heavy atom. The van der Waals surface area contributed by atoms with Crippen molar-refractivity contribution in [3.05, 3.63) is 59.1 Å². The first-order chi connectivity index (χ1) is 12.2. The van der Waals surface area contributed by atoms with E-state index in [1.165, 1.54) is 18.4 Å². The van der Waals surface area contributed by atoms with Gasteiger partial charge in [-0.2, -0.15) is 0 Å². The molecule has 1 aliphatic rings. The summed E-state index contributed by atoms with van der Waals surface area (Å²) in [5, 5.41) is 4.85. The van der Waals surface area contributed by atoms with E-state index in [4.69, 9.17) is 17.3 Å². The van der Waals surface area contributed by atoms with Crippen molar-refractivity contribution in [1.82, 2.24) is 24.2 Å². The molecule has 0 bridgehead atoms. The highest BCUT2D eigenvalue weighted by Crippen LogP contribution is 2.24. The van der Waals surface area contributed by atoms with E-state index in [1.807, 2.05) is 35.1 Å². The summed E-state index contributed by atoms with van der Waals surface area (Å²) in [6, 6.07) is 12.2. The molecule has 0 atom stereocenters. The Morgan fingerprint density at radius 3 is 2.60 bits per heavy atom. The van der Waals surface area contributed by atoms with Gasteiger partial charge in [0.25, 0.3) is 0 Å². The molecule has 0 aliphatic carbocycles. The van der Waals surface area contributed by atoms with E-state index in [9.17, 15) is 0 Å². The van der Waals surface area contributed by atoms with Crippen LogP contribution in [0.3, 0.4) is 0 Å². The molecule has 1 fully saturated rings. The predicted octanol–water partition coefficient (Wildman–Crippen LogP) is 3.83. The van der Waals surface area contributed by atoms with E-state index in [2.05, 4.69) is 33.5 Å². The number of pyridine rings is 1. The maximum Gasteiger partial charge on any atom is 0.204 e. The van der Waals surface area contributed by atoms with E-state index >= 15 is 0 Å². The van der Waals surface area contributed by atoms with Crippen LogP contribution in [0.4, 0.5) is 0 Å². The van der Waals surface area contributed by atoms with Crippen LogP contribution in [-0.4, -0.2) is 37.3 Å².